The van der Waals surface area contributed by atoms with E-state index < -0.39 is 33.4 Å². The fourth-order valence-corrected chi connectivity index (χ4v) is 3.49. The molecule has 0 saturated carbocycles. The molecular weight excluding hydrogens is 332 g/mol. The number of hydrogen-bond donors (Lipinski definition) is 2. The van der Waals surface area contributed by atoms with E-state index in [4.69, 9.17) is 9.52 Å². The second kappa shape index (κ2) is 8.69. The van der Waals surface area contributed by atoms with Gasteiger partial charge < -0.3 is 14.8 Å². The van der Waals surface area contributed by atoms with Gasteiger partial charge in [0, 0.05) is 21.2 Å². The van der Waals surface area contributed by atoms with E-state index in [2.05, 4.69) is 10.1 Å². The smallest absolute Gasteiger partial charge is 0.408 e. The Bertz CT molecular complexity index is 530. The zero-order valence-electron chi connectivity index (χ0n) is 15.9. The van der Waals surface area contributed by atoms with Crippen LogP contribution in [0.15, 0.2) is 0 Å². The standard InChI is InChI=1S/C16H32N2O5S/c1-15(2,3)9-11-24(17,21)10-8-12(13(19)22-7)18-14(20)23-16(4,5)6/h12,17H,8-11H2,1-7H3,(H,18,20)/t12-,24?/m0/s1. The van der Waals surface area contributed by atoms with Gasteiger partial charge in [0.2, 0.25) is 0 Å². The van der Waals surface area contributed by atoms with Gasteiger partial charge in [0.25, 0.3) is 0 Å². The molecule has 0 saturated heterocycles. The maximum atomic E-state index is 12.3. The van der Waals surface area contributed by atoms with Crippen molar-refractivity contribution in [1.29, 1.82) is 4.78 Å². The fraction of sp³-hybridized carbons (Fsp3) is 0.875. The van der Waals surface area contributed by atoms with E-state index in [0.29, 0.717) is 6.42 Å². The fourth-order valence-electron chi connectivity index (χ4n) is 1.72. The Morgan fingerprint density at radius 1 is 1.12 bits per heavy atom. The molecule has 7 nitrogen and oxygen atoms in total. The lowest BCUT2D eigenvalue weighted by molar-refractivity contribution is -0.143. The van der Waals surface area contributed by atoms with Crippen molar-refractivity contribution >= 4 is 21.8 Å². The van der Waals surface area contributed by atoms with E-state index in [0.717, 1.165) is 0 Å². The predicted molar refractivity (Wildman–Crippen MR) is 94.5 cm³/mol. The molecule has 8 heteroatoms. The molecule has 2 atom stereocenters. The Morgan fingerprint density at radius 2 is 1.67 bits per heavy atom. The Hall–Kier alpha value is -1.31. The molecule has 0 radical (unpaired) electrons. The van der Waals surface area contributed by atoms with Crippen LogP contribution in [0.25, 0.3) is 0 Å². The van der Waals surface area contributed by atoms with Gasteiger partial charge in [-0.3, -0.25) is 4.78 Å². The van der Waals surface area contributed by atoms with Crippen molar-refractivity contribution in [1.82, 2.24) is 5.32 Å². The van der Waals surface area contributed by atoms with Crippen LogP contribution >= 0.6 is 0 Å². The molecule has 0 fully saturated rings. The van der Waals surface area contributed by atoms with Gasteiger partial charge >= 0.3 is 12.1 Å². The van der Waals surface area contributed by atoms with Crippen LogP contribution in [-0.2, 0) is 24.0 Å². The number of esters is 1. The number of carbonyl (C=O) groups is 2. The lowest BCUT2D eigenvalue weighted by atomic mass is 9.94. The largest absolute Gasteiger partial charge is 0.467 e. The summed E-state index contributed by atoms with van der Waals surface area (Å²) in [5.41, 5.74) is -0.708. The van der Waals surface area contributed by atoms with Gasteiger partial charge in [-0.25, -0.2) is 13.8 Å². The van der Waals surface area contributed by atoms with Gasteiger partial charge in [0.15, 0.2) is 0 Å². The van der Waals surface area contributed by atoms with Crippen LogP contribution < -0.4 is 5.32 Å². The zero-order chi connectivity index (χ0) is 19.2. The number of methoxy groups -OCH3 is 1. The number of ether oxygens (including phenoxy) is 2. The first-order chi connectivity index (χ1) is 10.7. The minimum Gasteiger partial charge on any atom is -0.467 e. The van der Waals surface area contributed by atoms with Crippen molar-refractivity contribution in [3.63, 3.8) is 0 Å². The first-order valence-electron chi connectivity index (χ1n) is 7.97. The molecule has 1 unspecified atom stereocenters. The first kappa shape index (κ1) is 22.7. The molecule has 0 bridgehead atoms. The maximum Gasteiger partial charge on any atom is 0.408 e. The molecule has 0 rings (SSSR count). The Balaban J connectivity index is 4.75. The number of amides is 1. The topological polar surface area (TPSA) is 106 Å². The minimum atomic E-state index is -2.82. The third-order valence-electron chi connectivity index (χ3n) is 3.09. The molecule has 0 aliphatic heterocycles. The number of nitrogens with one attached hydrogen (secondary N) is 2. The molecule has 142 valence electrons. The Kier molecular flexibility index (Phi) is 8.21. The molecule has 2 N–H and O–H groups in total. The van der Waals surface area contributed by atoms with Gasteiger partial charge in [0.05, 0.1) is 7.11 Å². The number of alkyl carbamates (subject to hydrolysis) is 1. The number of carbonyl (C=O) groups excluding carboxylic acids is 2. The average Bonchev–Trinajstić information content (AvgIpc) is 2.38. The summed E-state index contributed by atoms with van der Waals surface area (Å²) < 4.78 is 30.1. The quantitative estimate of drug-likeness (QED) is 0.676. The van der Waals surface area contributed by atoms with Crippen LogP contribution in [0.3, 0.4) is 0 Å². The summed E-state index contributed by atoms with van der Waals surface area (Å²) in [6.45, 7) is 11.2. The number of hydrogen-bond acceptors (Lipinski definition) is 6. The molecule has 24 heavy (non-hydrogen) atoms. The molecule has 0 heterocycles. The summed E-state index contributed by atoms with van der Waals surface area (Å²) in [4.78, 5) is 23.6. The minimum absolute atomic E-state index is 0.0125. The molecule has 0 aliphatic rings. The monoisotopic (exact) mass is 364 g/mol. The third-order valence-corrected chi connectivity index (χ3v) is 4.85. The van der Waals surface area contributed by atoms with Gasteiger partial charge in [-0.05, 0) is 39.0 Å². The van der Waals surface area contributed by atoms with Crippen LogP contribution in [0.5, 0.6) is 0 Å². The van der Waals surface area contributed by atoms with Crippen LogP contribution in [0.4, 0.5) is 4.79 Å². The SMILES string of the molecule is COC(=O)[C@H](CCS(=N)(=O)CCC(C)(C)C)NC(=O)OC(C)(C)C. The summed E-state index contributed by atoms with van der Waals surface area (Å²) in [7, 11) is -1.61. The first-order valence-corrected chi connectivity index (χ1v) is 9.86. The van der Waals surface area contributed by atoms with E-state index in [1.807, 2.05) is 20.8 Å². The highest BCUT2D eigenvalue weighted by atomic mass is 32.2. The molecule has 0 aromatic rings. The average molecular weight is 365 g/mol. The van der Waals surface area contributed by atoms with Crippen molar-refractivity contribution in [2.45, 2.75) is 66.0 Å². The maximum absolute atomic E-state index is 12.3. The molecule has 1 amide bonds. The van der Waals surface area contributed by atoms with Crippen molar-refractivity contribution in [3.8, 4) is 0 Å². The molecule has 0 spiro atoms. The van der Waals surface area contributed by atoms with Gasteiger partial charge in [-0.15, -0.1) is 0 Å². The summed E-state index contributed by atoms with van der Waals surface area (Å²) >= 11 is 0. The van der Waals surface area contributed by atoms with Crippen LogP contribution in [0.2, 0.25) is 0 Å². The van der Waals surface area contributed by atoms with Crippen LogP contribution in [-0.4, -0.2) is 46.5 Å². The molecule has 0 aliphatic carbocycles. The molecular formula is C16H32N2O5S. The van der Waals surface area contributed by atoms with Crippen molar-refractivity contribution < 1.29 is 23.3 Å². The van der Waals surface area contributed by atoms with Crippen molar-refractivity contribution in [2.24, 2.45) is 5.41 Å². The highest BCUT2D eigenvalue weighted by Gasteiger charge is 2.26. The summed E-state index contributed by atoms with van der Waals surface area (Å²) in [5, 5.41) is 2.42. The van der Waals surface area contributed by atoms with E-state index in [1.54, 1.807) is 20.8 Å². The molecule has 0 aromatic carbocycles. The van der Waals surface area contributed by atoms with E-state index >= 15 is 0 Å². The number of rotatable bonds is 7. The van der Waals surface area contributed by atoms with E-state index in [9.17, 15) is 13.8 Å². The summed E-state index contributed by atoms with van der Waals surface area (Å²) in [6, 6.07) is -0.981. The van der Waals surface area contributed by atoms with Crippen molar-refractivity contribution in [2.75, 3.05) is 18.6 Å². The third kappa shape index (κ3) is 11.3. The Morgan fingerprint density at radius 3 is 2.08 bits per heavy atom. The van der Waals surface area contributed by atoms with Crippen molar-refractivity contribution in [3.05, 3.63) is 0 Å². The highest BCUT2D eigenvalue weighted by molar-refractivity contribution is 7.92. The normalized spacial score (nSPS) is 16.0. The van der Waals surface area contributed by atoms with E-state index in [-0.39, 0.29) is 23.3 Å². The second-order valence-corrected chi connectivity index (χ2v) is 10.5. The summed E-state index contributed by atoms with van der Waals surface area (Å²) in [5.74, 6) is -0.373. The lowest BCUT2D eigenvalue weighted by Gasteiger charge is -2.23. The lowest BCUT2D eigenvalue weighted by Crippen LogP contribution is -2.44. The van der Waals surface area contributed by atoms with Gasteiger partial charge in [-0.2, -0.15) is 0 Å². The van der Waals surface area contributed by atoms with Gasteiger partial charge in [0.1, 0.15) is 11.6 Å². The highest BCUT2D eigenvalue weighted by Crippen LogP contribution is 2.20. The van der Waals surface area contributed by atoms with Crippen LogP contribution in [0.1, 0.15) is 54.4 Å². The Labute approximate surface area is 145 Å². The molecule has 0 aromatic heterocycles. The summed E-state index contributed by atoms with van der Waals surface area (Å²) in [6.07, 6.45) is -0.0279. The van der Waals surface area contributed by atoms with E-state index in [1.165, 1.54) is 7.11 Å². The zero-order valence-corrected chi connectivity index (χ0v) is 16.7. The predicted octanol–water partition coefficient (Wildman–Crippen LogP) is 2.93. The second-order valence-electron chi connectivity index (χ2n) is 8.04. The van der Waals surface area contributed by atoms with Gasteiger partial charge in [-0.1, -0.05) is 20.8 Å². The van der Waals surface area contributed by atoms with Crippen LogP contribution in [0, 0.1) is 10.2 Å².